The number of aromatic nitrogens is 2. The third kappa shape index (κ3) is 2.62. The van der Waals surface area contributed by atoms with E-state index in [1.165, 1.54) is 10.5 Å². The summed E-state index contributed by atoms with van der Waals surface area (Å²) >= 11 is 1.02. The van der Waals surface area contributed by atoms with Gasteiger partial charge in [0.05, 0.1) is 6.20 Å². The van der Waals surface area contributed by atoms with Crippen LogP contribution in [0.4, 0.5) is 5.00 Å². The van der Waals surface area contributed by atoms with Gasteiger partial charge in [0, 0.05) is 37.7 Å². The Morgan fingerprint density at radius 2 is 2.20 bits per heavy atom. The summed E-state index contributed by atoms with van der Waals surface area (Å²) in [6.45, 7) is 2.34. The largest absolute Gasteiger partial charge is 0.314 e. The lowest BCUT2D eigenvalue weighted by Gasteiger charge is -2.26. The molecule has 2 rings (SSSR count). The molecule has 0 bridgehead atoms. The Labute approximate surface area is 91.8 Å². The monoisotopic (exact) mass is 249 g/mol. The molecule has 15 heavy (non-hydrogen) atoms. The van der Waals surface area contributed by atoms with Crippen LogP contribution in [-0.2, 0) is 10.2 Å². The number of hydrogen-bond donors (Lipinski definition) is 2. The second-order valence-corrected chi connectivity index (χ2v) is 5.49. The predicted molar refractivity (Wildman–Crippen MR) is 56.9 cm³/mol. The zero-order valence-electron chi connectivity index (χ0n) is 7.88. The zero-order valence-corrected chi connectivity index (χ0v) is 9.51. The van der Waals surface area contributed by atoms with Crippen molar-refractivity contribution in [2.75, 3.05) is 30.9 Å². The van der Waals surface area contributed by atoms with Crippen molar-refractivity contribution in [2.45, 2.75) is 0 Å². The molecule has 1 aromatic heterocycles. The molecule has 0 aromatic carbocycles. The van der Waals surface area contributed by atoms with Crippen molar-refractivity contribution in [2.24, 2.45) is 0 Å². The van der Waals surface area contributed by atoms with Gasteiger partial charge in [-0.05, 0) is 0 Å². The van der Waals surface area contributed by atoms with Gasteiger partial charge in [-0.15, -0.1) is 5.10 Å². The van der Waals surface area contributed by atoms with Crippen LogP contribution in [0.2, 0.25) is 0 Å². The fourth-order valence-corrected chi connectivity index (χ4v) is 3.13. The molecular weight excluding hydrogens is 238 g/mol. The zero-order chi connectivity index (χ0) is 10.7. The topological polar surface area (TPSA) is 87.2 Å². The van der Waals surface area contributed by atoms with E-state index in [4.69, 9.17) is 0 Å². The molecule has 2 N–H and O–H groups in total. The minimum absolute atomic E-state index is 0.438. The van der Waals surface area contributed by atoms with E-state index in [1.54, 1.807) is 0 Å². The van der Waals surface area contributed by atoms with Crippen LogP contribution in [0.3, 0.4) is 0 Å². The minimum atomic E-state index is -3.43. The van der Waals surface area contributed by atoms with Gasteiger partial charge in [-0.2, -0.15) is 12.7 Å². The molecule has 1 aliphatic heterocycles. The first-order valence-electron chi connectivity index (χ1n) is 4.44. The van der Waals surface area contributed by atoms with Crippen molar-refractivity contribution in [3.8, 4) is 0 Å². The molecule has 0 saturated carbocycles. The maximum Gasteiger partial charge on any atom is 0.302 e. The van der Waals surface area contributed by atoms with Gasteiger partial charge in [-0.25, -0.2) is 0 Å². The highest BCUT2D eigenvalue weighted by Crippen LogP contribution is 2.13. The molecular formula is C6H11N5O2S2. The van der Waals surface area contributed by atoms with Crippen LogP contribution in [0.5, 0.6) is 0 Å². The molecule has 0 spiro atoms. The lowest BCUT2D eigenvalue weighted by molar-refractivity contribution is 0.362. The van der Waals surface area contributed by atoms with Crippen LogP contribution in [0.15, 0.2) is 6.20 Å². The van der Waals surface area contributed by atoms with Crippen molar-refractivity contribution in [1.82, 2.24) is 19.2 Å². The number of rotatable bonds is 3. The molecule has 0 amide bonds. The summed E-state index contributed by atoms with van der Waals surface area (Å²) in [4.78, 5) is 0. The average Bonchev–Trinajstić information content (AvgIpc) is 2.71. The SMILES string of the molecule is O=S(=O)(Nc1cnns1)N1CCNCC1. The normalized spacial score (nSPS) is 18.9. The first kappa shape index (κ1) is 10.7. The van der Waals surface area contributed by atoms with E-state index >= 15 is 0 Å². The summed E-state index contributed by atoms with van der Waals surface area (Å²) < 4.78 is 31.0. The highest BCUT2D eigenvalue weighted by Gasteiger charge is 2.23. The smallest absolute Gasteiger partial charge is 0.302 e. The Kier molecular flexibility index (Phi) is 3.14. The van der Waals surface area contributed by atoms with Crippen molar-refractivity contribution in [1.29, 1.82) is 0 Å². The van der Waals surface area contributed by atoms with Crippen molar-refractivity contribution in [3.63, 3.8) is 0 Å². The third-order valence-corrected chi connectivity index (χ3v) is 4.24. The second-order valence-electron chi connectivity index (χ2n) is 3.04. The first-order valence-corrected chi connectivity index (χ1v) is 6.66. The Morgan fingerprint density at radius 3 is 2.80 bits per heavy atom. The number of piperazine rings is 1. The van der Waals surface area contributed by atoms with Gasteiger partial charge in [0.1, 0.15) is 5.00 Å². The van der Waals surface area contributed by atoms with Crippen LogP contribution in [0, 0.1) is 0 Å². The van der Waals surface area contributed by atoms with Crippen molar-refractivity contribution < 1.29 is 8.42 Å². The molecule has 1 fully saturated rings. The summed E-state index contributed by atoms with van der Waals surface area (Å²) in [6, 6.07) is 0. The minimum Gasteiger partial charge on any atom is -0.314 e. The molecule has 0 radical (unpaired) electrons. The summed E-state index contributed by atoms with van der Waals surface area (Å²) in [5.41, 5.74) is 0. The summed E-state index contributed by atoms with van der Waals surface area (Å²) in [6.07, 6.45) is 1.39. The molecule has 0 aliphatic carbocycles. The van der Waals surface area contributed by atoms with Gasteiger partial charge in [-0.3, -0.25) is 4.72 Å². The van der Waals surface area contributed by atoms with Gasteiger partial charge in [0.15, 0.2) is 0 Å². The van der Waals surface area contributed by atoms with E-state index in [1.807, 2.05) is 0 Å². The van der Waals surface area contributed by atoms with Crippen LogP contribution >= 0.6 is 11.5 Å². The number of hydrogen-bond acceptors (Lipinski definition) is 6. The van der Waals surface area contributed by atoms with Crippen molar-refractivity contribution >= 4 is 26.7 Å². The molecule has 9 heteroatoms. The maximum atomic E-state index is 11.8. The standard InChI is InChI=1S/C6H11N5O2S2/c12-15(13,9-6-5-8-10-14-6)11-3-1-7-2-4-11/h5,7,9H,1-4H2. The average molecular weight is 249 g/mol. The molecule has 1 saturated heterocycles. The molecule has 7 nitrogen and oxygen atoms in total. The summed E-state index contributed by atoms with van der Waals surface area (Å²) in [5, 5.41) is 7.09. The summed E-state index contributed by atoms with van der Waals surface area (Å²) in [7, 11) is -3.43. The van der Waals surface area contributed by atoms with Gasteiger partial charge in [0.25, 0.3) is 0 Å². The number of nitrogens with one attached hydrogen (secondary N) is 2. The molecule has 84 valence electrons. The quantitative estimate of drug-likeness (QED) is 0.725. The van der Waals surface area contributed by atoms with Crippen LogP contribution in [-0.4, -0.2) is 48.5 Å². The van der Waals surface area contributed by atoms with Crippen LogP contribution in [0.25, 0.3) is 0 Å². The molecule has 0 unspecified atom stereocenters. The maximum absolute atomic E-state index is 11.8. The highest BCUT2D eigenvalue weighted by molar-refractivity contribution is 7.90. The Balaban J connectivity index is 2.05. The Morgan fingerprint density at radius 1 is 1.47 bits per heavy atom. The van der Waals surface area contributed by atoms with Crippen LogP contribution in [0.1, 0.15) is 0 Å². The Bertz CT molecular complexity index is 397. The van der Waals surface area contributed by atoms with Crippen LogP contribution < -0.4 is 10.0 Å². The van der Waals surface area contributed by atoms with Gasteiger partial charge >= 0.3 is 10.2 Å². The lowest BCUT2D eigenvalue weighted by atomic mass is 10.4. The number of anilines is 1. The van der Waals surface area contributed by atoms with Crippen molar-refractivity contribution in [3.05, 3.63) is 6.20 Å². The van der Waals surface area contributed by atoms with Gasteiger partial charge in [-0.1, -0.05) is 4.49 Å². The highest BCUT2D eigenvalue weighted by atomic mass is 32.2. The lowest BCUT2D eigenvalue weighted by Crippen LogP contribution is -2.48. The molecule has 1 aromatic rings. The molecule has 1 aliphatic rings. The van der Waals surface area contributed by atoms with E-state index in [0.717, 1.165) is 11.5 Å². The first-order chi connectivity index (χ1) is 7.18. The Hall–Kier alpha value is -0.770. The van der Waals surface area contributed by atoms with E-state index in [0.29, 0.717) is 31.2 Å². The second kappa shape index (κ2) is 4.39. The number of nitrogens with zero attached hydrogens (tertiary/aromatic N) is 3. The third-order valence-electron chi connectivity index (χ3n) is 2.01. The molecule has 0 atom stereocenters. The molecule has 2 heterocycles. The predicted octanol–water partition coefficient (Wildman–Crippen LogP) is -0.900. The fraction of sp³-hybridized carbons (Fsp3) is 0.667. The summed E-state index contributed by atoms with van der Waals surface area (Å²) in [5.74, 6) is 0. The van der Waals surface area contributed by atoms with E-state index in [-0.39, 0.29) is 0 Å². The van der Waals surface area contributed by atoms with E-state index in [2.05, 4.69) is 19.6 Å². The van der Waals surface area contributed by atoms with E-state index < -0.39 is 10.2 Å². The van der Waals surface area contributed by atoms with E-state index in [9.17, 15) is 8.42 Å². The fourth-order valence-electron chi connectivity index (χ4n) is 1.29. The van der Waals surface area contributed by atoms with Gasteiger partial charge < -0.3 is 5.32 Å². The van der Waals surface area contributed by atoms with Gasteiger partial charge in [0.2, 0.25) is 0 Å².